The smallest absolute Gasteiger partial charge is 0.0788 e. The summed E-state index contributed by atoms with van der Waals surface area (Å²) >= 11 is 0. The van der Waals surface area contributed by atoms with E-state index in [0.717, 1.165) is 28.3 Å². The predicted molar refractivity (Wildman–Crippen MR) is 599 cm³/mol. The van der Waals surface area contributed by atoms with Gasteiger partial charge in [0.2, 0.25) is 0 Å². The third-order valence-corrected chi connectivity index (χ3v) is 29.8. The molecule has 3 aliphatic rings. The number of rotatable bonds is 12. The molecule has 0 saturated heterocycles. The Morgan fingerprint density at radius 1 is 0.176 bits per heavy atom. The Bertz CT molecular complexity index is 8920. The number of nitrogens with zero attached hydrogens (tertiary/aromatic N) is 4. The number of aromatic nitrogens is 4. The molecule has 4 aromatic heterocycles. The lowest BCUT2D eigenvalue weighted by Crippen LogP contribution is -2.08. The summed E-state index contributed by atoms with van der Waals surface area (Å²) in [7, 11) is 0. The Labute approximate surface area is 831 Å². The van der Waals surface area contributed by atoms with Gasteiger partial charge in [-0.3, -0.25) is 4.98 Å². The first-order chi connectivity index (χ1) is 69.5. The van der Waals surface area contributed by atoms with Crippen molar-refractivity contribution in [3.8, 4) is 117 Å². The number of para-hydroxylation sites is 4. The summed E-state index contributed by atoms with van der Waals surface area (Å²) < 4.78 is 7.46. The van der Waals surface area contributed by atoms with Crippen LogP contribution in [0.2, 0.25) is 0 Å². The Morgan fingerprint density at radius 2 is 0.528 bits per heavy atom. The van der Waals surface area contributed by atoms with Gasteiger partial charge >= 0.3 is 0 Å². The summed E-state index contributed by atoms with van der Waals surface area (Å²) in [5.41, 5.74) is 58.3. The summed E-state index contributed by atoms with van der Waals surface area (Å²) in [5.74, 6) is 0.265. The first-order valence-corrected chi connectivity index (χ1v) is 49.9. The predicted octanol–water partition coefficient (Wildman–Crippen LogP) is 36.3. The third-order valence-electron chi connectivity index (χ3n) is 29.8. The van der Waals surface area contributed by atoms with E-state index in [1.807, 2.05) is 0 Å². The molecule has 678 valence electrons. The quantitative estimate of drug-likeness (QED) is 0.120. The van der Waals surface area contributed by atoms with Crippen molar-refractivity contribution in [1.82, 2.24) is 18.7 Å². The van der Waals surface area contributed by atoms with E-state index in [-0.39, 0.29) is 17.8 Å². The summed E-state index contributed by atoms with van der Waals surface area (Å²) in [5, 5.41) is 7.58. The molecule has 20 aromatic carbocycles. The lowest BCUT2D eigenvalue weighted by Gasteiger charge is -2.24. The van der Waals surface area contributed by atoms with Gasteiger partial charge in [-0.25, -0.2) is 0 Å². The minimum Gasteiger partial charge on any atom is -0.309 e. The second-order valence-electron chi connectivity index (χ2n) is 40.0. The lowest BCUT2D eigenvalue weighted by molar-refractivity contribution is 0.938. The molecular formula is C138H106N4. The number of hydrogen-bond acceptors (Lipinski definition) is 1. The fraction of sp³-hybridized carbons (Fsp3) is 0.0942. The maximum atomic E-state index is 5.50. The molecule has 4 heterocycles. The van der Waals surface area contributed by atoms with E-state index in [9.17, 15) is 0 Å². The van der Waals surface area contributed by atoms with E-state index in [0.29, 0.717) is 0 Å². The van der Waals surface area contributed by atoms with E-state index in [4.69, 9.17) is 4.98 Å². The molecule has 24 aromatic rings. The minimum atomic E-state index is -0.0340. The van der Waals surface area contributed by atoms with Gasteiger partial charge in [-0.2, -0.15) is 0 Å². The van der Waals surface area contributed by atoms with Gasteiger partial charge in [-0.15, -0.1) is 0 Å². The maximum Gasteiger partial charge on any atom is 0.0788 e. The van der Waals surface area contributed by atoms with Crippen molar-refractivity contribution in [2.45, 2.75) is 87.0 Å². The van der Waals surface area contributed by atoms with Crippen molar-refractivity contribution in [1.29, 1.82) is 0 Å². The largest absolute Gasteiger partial charge is 0.309 e. The zero-order valence-corrected chi connectivity index (χ0v) is 81.7. The zero-order valence-electron chi connectivity index (χ0n) is 81.7. The molecule has 27 rings (SSSR count). The van der Waals surface area contributed by atoms with Crippen LogP contribution in [0.3, 0.4) is 0 Å². The van der Waals surface area contributed by atoms with Crippen molar-refractivity contribution < 1.29 is 0 Å². The molecule has 0 spiro atoms. The number of fused-ring (bicyclic) bond motifs is 21. The summed E-state index contributed by atoms with van der Waals surface area (Å²) in [6, 6.07) is 165. The molecule has 0 saturated carbocycles. The first-order valence-electron chi connectivity index (χ1n) is 49.9. The fourth-order valence-electron chi connectivity index (χ4n) is 24.3. The highest BCUT2D eigenvalue weighted by atomic mass is 15.0. The van der Waals surface area contributed by atoms with Crippen LogP contribution < -0.4 is 0 Å². The molecule has 0 radical (unpaired) electrons. The van der Waals surface area contributed by atoms with Crippen molar-refractivity contribution in [3.63, 3.8) is 0 Å². The van der Waals surface area contributed by atoms with Gasteiger partial charge in [-0.1, -0.05) is 414 Å². The van der Waals surface area contributed by atoms with Gasteiger partial charge in [0.15, 0.2) is 0 Å². The molecule has 3 atom stereocenters. The van der Waals surface area contributed by atoms with Gasteiger partial charge in [0.1, 0.15) is 0 Å². The van der Waals surface area contributed by atoms with E-state index in [2.05, 4.69) is 526 Å². The summed E-state index contributed by atoms with van der Waals surface area (Å²) in [6.45, 7) is 22.0. The van der Waals surface area contributed by atoms with Gasteiger partial charge < -0.3 is 13.7 Å². The molecule has 3 aliphatic carbocycles. The molecule has 0 amide bonds. The van der Waals surface area contributed by atoms with Crippen molar-refractivity contribution in [2.24, 2.45) is 0 Å². The standard InChI is InChI=1S/C48H38.C46H36N2.C44H32N2/c1-29-20-30(2)23-34(22-29)36-26-37(35-24-31(3)21-32(4)25-35)28-38(27-36)46-42-17-11-9-15-40(42)44-19-18-43-39-14-8-10-16-41(39)45(47(43)48(44)46)33-12-6-5-7-13-33;1-29-20-30(2)23-33(22-29)35-26-36(34-24-31(3)21-32(4)25-34)28-38(27-35)48-44-17-11-9-15-40(44)42-19-18-41-39-14-8-10-16-43(39)47(45(41)46(42)48)37-12-6-5-7-13-37;1-28-18-20-34-37(24-28)35-21-22-36-38-25-29(2)19-23-41(38)46(33-16-10-5-11-17-33)44(36)43(35)42(34)40-27-32(30-12-6-3-7-13-30)26-39(45-40)31-14-8-4-9-15-31/h5-28,45-46H,1-4H3;5-28H,1-4H3;3-27,42H,1-2H3. The Hall–Kier alpha value is -17.1. The van der Waals surface area contributed by atoms with Gasteiger partial charge in [0.05, 0.1) is 50.4 Å². The number of hydrogen-bond donors (Lipinski definition) is 0. The molecular weight excluding hydrogens is 1710 g/mol. The molecule has 0 fully saturated rings. The molecule has 3 unspecified atom stereocenters. The third kappa shape index (κ3) is 15.1. The van der Waals surface area contributed by atoms with E-state index in [1.165, 1.54) is 260 Å². The molecule has 142 heavy (non-hydrogen) atoms. The number of benzene rings is 20. The average molecular weight is 1820 g/mol. The Kier molecular flexibility index (Phi) is 21.4. The second-order valence-corrected chi connectivity index (χ2v) is 40.0. The van der Waals surface area contributed by atoms with Crippen LogP contribution in [-0.2, 0) is 0 Å². The molecule has 0 aliphatic heterocycles. The van der Waals surface area contributed by atoms with Gasteiger partial charge in [-0.05, 0) is 288 Å². The first kappa shape index (κ1) is 86.5. The monoisotopic (exact) mass is 1820 g/mol. The topological polar surface area (TPSA) is 27.7 Å². The highest BCUT2D eigenvalue weighted by Crippen LogP contribution is 2.60. The molecule has 0 N–H and O–H groups in total. The zero-order chi connectivity index (χ0) is 95.8. The lowest BCUT2D eigenvalue weighted by atomic mass is 9.79. The molecule has 0 bridgehead atoms. The van der Waals surface area contributed by atoms with Crippen LogP contribution >= 0.6 is 0 Å². The van der Waals surface area contributed by atoms with Crippen LogP contribution in [0, 0.1) is 69.2 Å². The van der Waals surface area contributed by atoms with E-state index < -0.39 is 0 Å². The van der Waals surface area contributed by atoms with Crippen molar-refractivity contribution in [3.05, 3.63) is 549 Å². The van der Waals surface area contributed by atoms with Crippen LogP contribution in [-0.4, -0.2) is 18.7 Å². The highest BCUT2D eigenvalue weighted by molar-refractivity contribution is 6.24. The van der Waals surface area contributed by atoms with Crippen LogP contribution in [0.15, 0.2) is 443 Å². The molecule has 4 heteroatoms. The van der Waals surface area contributed by atoms with Crippen LogP contribution in [0.25, 0.3) is 183 Å². The normalized spacial score (nSPS) is 13.6. The van der Waals surface area contributed by atoms with E-state index >= 15 is 0 Å². The fourth-order valence-corrected chi connectivity index (χ4v) is 24.3. The van der Waals surface area contributed by atoms with Crippen LogP contribution in [0.4, 0.5) is 0 Å². The SMILES string of the molecule is Cc1cc(C)cc(-c2cc(-c3cc(C)cc(C)c3)cc(-n3c4ccccc4c4ccc5c6ccccc6n(-c6ccccc6)c5c43)c2)c1.Cc1cc(C)cc(-c2cc(-c3cc(C)cc(C)c3)cc(C3c4ccccc4-c4ccc5c(c43)C(c3ccccc3)c3ccccc3-5)c2)c1.Cc1ccc2c(c1)-c1ccc3c4cc(C)ccc4n(-c4ccccc4)c3c1C2c1cc(-c2ccccc2)cc(-c2ccccc2)n1. The van der Waals surface area contributed by atoms with Gasteiger partial charge in [0.25, 0.3) is 0 Å². The minimum absolute atomic E-state index is 0.0340. The summed E-state index contributed by atoms with van der Waals surface area (Å²) in [4.78, 5) is 5.50. The van der Waals surface area contributed by atoms with Crippen molar-refractivity contribution in [2.75, 3.05) is 0 Å². The van der Waals surface area contributed by atoms with Gasteiger partial charge in [0, 0.05) is 66.8 Å². The number of pyridine rings is 1. The summed E-state index contributed by atoms with van der Waals surface area (Å²) in [6.07, 6.45) is 0. The van der Waals surface area contributed by atoms with Crippen LogP contribution in [0.1, 0.15) is 124 Å². The Balaban J connectivity index is 0.000000112. The van der Waals surface area contributed by atoms with Crippen LogP contribution in [0.5, 0.6) is 0 Å². The maximum absolute atomic E-state index is 5.50. The Morgan fingerprint density at radius 3 is 1.03 bits per heavy atom. The van der Waals surface area contributed by atoms with E-state index in [1.54, 1.807) is 0 Å². The highest BCUT2D eigenvalue weighted by Gasteiger charge is 2.42. The average Bonchev–Trinajstić information content (AvgIpc) is 1.55. The number of aryl methyl sites for hydroxylation is 10. The second kappa shape index (κ2) is 35.1. The molecule has 4 nitrogen and oxygen atoms in total. The van der Waals surface area contributed by atoms with Crippen molar-refractivity contribution >= 4 is 65.4 Å².